The fourth-order valence-corrected chi connectivity index (χ4v) is 1.82. The summed E-state index contributed by atoms with van der Waals surface area (Å²) in [5, 5.41) is 16.5. The first-order chi connectivity index (χ1) is 8.58. The van der Waals surface area contributed by atoms with E-state index >= 15 is 0 Å². The summed E-state index contributed by atoms with van der Waals surface area (Å²) in [6.07, 6.45) is 1.58. The average Bonchev–Trinajstić information content (AvgIpc) is 2.73. The number of carboxylic acids is 1. The Labute approximate surface area is 111 Å². The Morgan fingerprint density at radius 1 is 1.56 bits per heavy atom. The first-order valence-corrected chi connectivity index (χ1v) is 5.85. The van der Waals surface area contributed by atoms with Crippen molar-refractivity contribution >= 4 is 21.9 Å². The molecule has 0 radical (unpaired) electrons. The molecule has 0 saturated carbocycles. The second kappa shape index (κ2) is 5.18. The van der Waals surface area contributed by atoms with Gasteiger partial charge in [-0.15, -0.1) is 10.2 Å². The molecule has 0 saturated heterocycles. The molecule has 0 bridgehead atoms. The Morgan fingerprint density at radius 2 is 2.33 bits per heavy atom. The van der Waals surface area contributed by atoms with E-state index in [1.54, 1.807) is 17.0 Å². The lowest BCUT2D eigenvalue weighted by Gasteiger charge is -2.08. The van der Waals surface area contributed by atoms with Gasteiger partial charge in [-0.05, 0) is 34.1 Å². The number of rotatable bonds is 4. The Kier molecular flexibility index (Phi) is 3.61. The first kappa shape index (κ1) is 12.6. The smallest absolute Gasteiger partial charge is 0.335 e. The van der Waals surface area contributed by atoms with Crippen LogP contribution in [0.1, 0.15) is 16.2 Å². The largest absolute Gasteiger partial charge is 0.484 e. The van der Waals surface area contributed by atoms with Crippen LogP contribution in [0, 0.1) is 0 Å². The maximum atomic E-state index is 10.8. The van der Waals surface area contributed by atoms with Gasteiger partial charge >= 0.3 is 5.97 Å². The zero-order valence-corrected chi connectivity index (χ0v) is 11.1. The number of benzene rings is 1. The molecule has 18 heavy (non-hydrogen) atoms. The maximum absolute atomic E-state index is 10.8. The van der Waals surface area contributed by atoms with Crippen LogP contribution in [0.5, 0.6) is 5.75 Å². The molecule has 1 heterocycles. The predicted octanol–water partition coefficient (Wildman–Crippen LogP) is 1.85. The van der Waals surface area contributed by atoms with E-state index in [4.69, 9.17) is 9.84 Å². The van der Waals surface area contributed by atoms with Gasteiger partial charge in [-0.3, -0.25) is 0 Å². The fraction of sp³-hybridized carbons (Fsp3) is 0.182. The highest BCUT2D eigenvalue weighted by atomic mass is 79.9. The molecule has 0 spiro atoms. The molecule has 0 atom stereocenters. The Morgan fingerprint density at radius 3 is 2.89 bits per heavy atom. The van der Waals surface area contributed by atoms with Crippen molar-refractivity contribution in [3.63, 3.8) is 0 Å². The van der Waals surface area contributed by atoms with Crippen LogP contribution in [0.15, 0.2) is 29.0 Å². The van der Waals surface area contributed by atoms with Crippen molar-refractivity contribution < 1.29 is 14.6 Å². The number of aromatic carboxylic acids is 1. The molecule has 94 valence electrons. The number of halogens is 1. The highest BCUT2D eigenvalue weighted by Gasteiger charge is 2.09. The van der Waals surface area contributed by atoms with Gasteiger partial charge in [0.1, 0.15) is 18.7 Å². The number of aryl methyl sites for hydroxylation is 1. The van der Waals surface area contributed by atoms with Crippen molar-refractivity contribution in [1.29, 1.82) is 0 Å². The minimum absolute atomic E-state index is 0.202. The summed E-state index contributed by atoms with van der Waals surface area (Å²) >= 11 is 3.27. The molecule has 0 unspecified atom stereocenters. The Balaban J connectivity index is 2.11. The lowest BCUT2D eigenvalue weighted by atomic mass is 10.2. The van der Waals surface area contributed by atoms with Gasteiger partial charge in [0.15, 0.2) is 5.82 Å². The molecule has 1 aromatic carbocycles. The number of nitrogens with zero attached hydrogens (tertiary/aromatic N) is 3. The van der Waals surface area contributed by atoms with Crippen LogP contribution in [-0.4, -0.2) is 25.8 Å². The van der Waals surface area contributed by atoms with Gasteiger partial charge in [-0.1, -0.05) is 0 Å². The zero-order chi connectivity index (χ0) is 13.1. The summed E-state index contributed by atoms with van der Waals surface area (Å²) < 4.78 is 7.87. The molecule has 0 fully saturated rings. The minimum atomic E-state index is -0.976. The SMILES string of the molecule is Cn1cnnc1COc1ccc(C(=O)O)cc1Br. The van der Waals surface area contributed by atoms with E-state index in [1.165, 1.54) is 12.1 Å². The third-order valence-electron chi connectivity index (χ3n) is 2.34. The quantitative estimate of drug-likeness (QED) is 0.932. The minimum Gasteiger partial charge on any atom is -0.484 e. The van der Waals surface area contributed by atoms with Gasteiger partial charge in [0, 0.05) is 7.05 Å². The van der Waals surface area contributed by atoms with E-state index in [0.717, 1.165) is 0 Å². The molecule has 0 aliphatic rings. The summed E-state index contributed by atoms with van der Waals surface area (Å²) in [7, 11) is 1.82. The summed E-state index contributed by atoms with van der Waals surface area (Å²) in [4.78, 5) is 10.8. The third-order valence-corrected chi connectivity index (χ3v) is 2.96. The summed E-state index contributed by atoms with van der Waals surface area (Å²) in [6, 6.07) is 4.58. The molecule has 1 N–H and O–H groups in total. The molecular weight excluding hydrogens is 302 g/mol. The number of ether oxygens (including phenoxy) is 1. The van der Waals surface area contributed by atoms with Crippen LogP contribution in [0.25, 0.3) is 0 Å². The number of hydrogen-bond donors (Lipinski definition) is 1. The highest BCUT2D eigenvalue weighted by molar-refractivity contribution is 9.10. The normalized spacial score (nSPS) is 10.3. The molecule has 2 aromatic rings. The van der Waals surface area contributed by atoms with Gasteiger partial charge in [0.2, 0.25) is 0 Å². The second-order valence-corrected chi connectivity index (χ2v) is 4.45. The predicted molar refractivity (Wildman–Crippen MR) is 66.4 cm³/mol. The average molecular weight is 312 g/mol. The van der Waals surface area contributed by atoms with Gasteiger partial charge < -0.3 is 14.4 Å². The number of carboxylic acid groups (broad SMARTS) is 1. The van der Waals surface area contributed by atoms with E-state index in [2.05, 4.69) is 26.1 Å². The van der Waals surface area contributed by atoms with E-state index in [9.17, 15) is 4.79 Å². The van der Waals surface area contributed by atoms with E-state index in [-0.39, 0.29) is 12.2 Å². The Bertz CT molecular complexity index is 583. The second-order valence-electron chi connectivity index (χ2n) is 3.60. The molecule has 6 nitrogen and oxygen atoms in total. The van der Waals surface area contributed by atoms with Crippen LogP contribution in [-0.2, 0) is 13.7 Å². The maximum Gasteiger partial charge on any atom is 0.335 e. The van der Waals surface area contributed by atoms with Crippen LogP contribution >= 0.6 is 15.9 Å². The Hall–Kier alpha value is -1.89. The lowest BCUT2D eigenvalue weighted by molar-refractivity contribution is 0.0696. The monoisotopic (exact) mass is 311 g/mol. The third kappa shape index (κ3) is 2.67. The summed E-state index contributed by atoms with van der Waals surface area (Å²) in [6.45, 7) is 0.265. The van der Waals surface area contributed by atoms with Crippen molar-refractivity contribution in [3.05, 3.63) is 40.4 Å². The lowest BCUT2D eigenvalue weighted by Crippen LogP contribution is -2.04. The highest BCUT2D eigenvalue weighted by Crippen LogP contribution is 2.26. The molecule has 2 rings (SSSR count). The number of aromatic nitrogens is 3. The zero-order valence-electron chi connectivity index (χ0n) is 9.50. The van der Waals surface area contributed by atoms with Crippen molar-refractivity contribution in [2.45, 2.75) is 6.61 Å². The molecule has 0 amide bonds. The van der Waals surface area contributed by atoms with Gasteiger partial charge in [0.05, 0.1) is 10.0 Å². The van der Waals surface area contributed by atoms with Crippen molar-refractivity contribution in [1.82, 2.24) is 14.8 Å². The molecular formula is C11H10BrN3O3. The number of carbonyl (C=O) groups is 1. The molecule has 0 aliphatic carbocycles. The van der Waals surface area contributed by atoms with Crippen LogP contribution in [0.3, 0.4) is 0 Å². The van der Waals surface area contributed by atoms with E-state index in [1.807, 2.05) is 7.05 Å². The molecule has 1 aromatic heterocycles. The van der Waals surface area contributed by atoms with Crippen molar-refractivity contribution in [3.8, 4) is 5.75 Å². The van der Waals surface area contributed by atoms with E-state index in [0.29, 0.717) is 16.0 Å². The topological polar surface area (TPSA) is 77.2 Å². The van der Waals surface area contributed by atoms with E-state index < -0.39 is 5.97 Å². The van der Waals surface area contributed by atoms with Crippen molar-refractivity contribution in [2.24, 2.45) is 7.05 Å². The molecule has 7 heteroatoms. The van der Waals surface area contributed by atoms with Gasteiger partial charge in [-0.25, -0.2) is 4.79 Å². The standard InChI is InChI=1S/C11H10BrN3O3/c1-15-6-13-14-10(15)5-18-9-3-2-7(11(16)17)4-8(9)12/h2-4,6H,5H2,1H3,(H,16,17). The summed E-state index contributed by atoms with van der Waals surface area (Å²) in [5.41, 5.74) is 0.202. The van der Waals surface area contributed by atoms with Crippen LogP contribution in [0.2, 0.25) is 0 Å². The van der Waals surface area contributed by atoms with Gasteiger partial charge in [-0.2, -0.15) is 0 Å². The first-order valence-electron chi connectivity index (χ1n) is 5.06. The summed E-state index contributed by atoms with van der Waals surface area (Å²) in [5.74, 6) is 0.266. The van der Waals surface area contributed by atoms with Gasteiger partial charge in [0.25, 0.3) is 0 Å². The fourth-order valence-electron chi connectivity index (χ4n) is 1.33. The van der Waals surface area contributed by atoms with Crippen LogP contribution in [0.4, 0.5) is 0 Å². The number of hydrogen-bond acceptors (Lipinski definition) is 4. The van der Waals surface area contributed by atoms with Crippen molar-refractivity contribution in [2.75, 3.05) is 0 Å². The van der Waals surface area contributed by atoms with Crippen LogP contribution < -0.4 is 4.74 Å². The molecule has 0 aliphatic heterocycles.